The molecule has 2 aliphatic rings. The zero-order valence-electron chi connectivity index (χ0n) is 12.3. The number of halogens is 1. The monoisotopic (exact) mass is 362 g/mol. The lowest BCUT2D eigenvalue weighted by Gasteiger charge is -2.52. The molecule has 0 unspecified atom stereocenters. The van der Waals surface area contributed by atoms with Crippen molar-refractivity contribution < 1.29 is 9.90 Å². The topological polar surface area (TPSA) is 45.5 Å². The van der Waals surface area contributed by atoms with E-state index in [1.807, 2.05) is 0 Å². The van der Waals surface area contributed by atoms with Gasteiger partial charge in [-0.05, 0) is 49.3 Å². The fourth-order valence-electron chi connectivity index (χ4n) is 4.19. The van der Waals surface area contributed by atoms with Crippen LogP contribution in [-0.4, -0.2) is 33.8 Å². The number of likely N-dealkylation sites (tertiary alicyclic amines) is 1. The van der Waals surface area contributed by atoms with Crippen molar-refractivity contribution in [2.24, 2.45) is 5.41 Å². The molecule has 2 fully saturated rings. The first kappa shape index (κ1) is 14.1. The Morgan fingerprint density at radius 3 is 2.64 bits per heavy atom. The van der Waals surface area contributed by atoms with Gasteiger partial charge < -0.3 is 14.6 Å². The minimum atomic E-state index is -0.771. The average molecular weight is 363 g/mol. The molecule has 2 aromatic rings. The van der Waals surface area contributed by atoms with Crippen LogP contribution >= 0.6 is 15.9 Å². The van der Waals surface area contributed by atoms with Gasteiger partial charge in [0.1, 0.15) is 0 Å². The van der Waals surface area contributed by atoms with E-state index in [0.717, 1.165) is 17.3 Å². The van der Waals surface area contributed by atoms with Crippen LogP contribution in [0.2, 0.25) is 0 Å². The second-order valence-corrected chi connectivity index (χ2v) is 7.58. The molecule has 1 aliphatic carbocycles. The lowest BCUT2D eigenvalue weighted by atomic mass is 9.60. The highest BCUT2D eigenvalue weighted by atomic mass is 79.9. The summed E-state index contributed by atoms with van der Waals surface area (Å²) in [6, 6.07) is 9.08. The summed E-state index contributed by atoms with van der Waals surface area (Å²) in [5.74, 6) is 0. The summed E-state index contributed by atoms with van der Waals surface area (Å²) in [4.78, 5) is 12.6. The van der Waals surface area contributed by atoms with Crippen molar-refractivity contribution in [1.82, 2.24) is 9.47 Å². The molecule has 1 aromatic heterocycles. The van der Waals surface area contributed by atoms with E-state index < -0.39 is 6.09 Å². The van der Waals surface area contributed by atoms with Crippen molar-refractivity contribution in [2.75, 3.05) is 13.1 Å². The summed E-state index contributed by atoms with van der Waals surface area (Å²) in [6.45, 7) is 1.39. The Balaban J connectivity index is 1.49. The van der Waals surface area contributed by atoms with Crippen LogP contribution < -0.4 is 0 Å². The average Bonchev–Trinajstić information content (AvgIpc) is 2.90. The fraction of sp³-hybridized carbons (Fsp3) is 0.471. The van der Waals surface area contributed by atoms with Gasteiger partial charge in [-0.2, -0.15) is 0 Å². The molecular formula is C17H19BrN2O2. The second-order valence-electron chi connectivity index (χ2n) is 6.73. The van der Waals surface area contributed by atoms with E-state index in [9.17, 15) is 4.79 Å². The first-order chi connectivity index (χ1) is 10.6. The summed E-state index contributed by atoms with van der Waals surface area (Å²) >= 11 is 3.62. The number of nitrogens with zero attached hydrogens (tertiary/aromatic N) is 2. The van der Waals surface area contributed by atoms with Gasteiger partial charge in [-0.3, -0.25) is 0 Å². The zero-order valence-corrected chi connectivity index (χ0v) is 13.9. The Bertz CT molecular complexity index is 723. The number of amides is 1. The summed E-state index contributed by atoms with van der Waals surface area (Å²) < 4.78 is 3.54. The molecule has 0 atom stereocenters. The SMILES string of the molecule is O=C(O)N1CCC2(CC1)CC(n1ccc3c(Br)cccc31)C2. The number of benzene rings is 1. The Labute approximate surface area is 137 Å². The number of carboxylic acid groups (broad SMARTS) is 1. The third kappa shape index (κ3) is 2.14. The highest BCUT2D eigenvalue weighted by Crippen LogP contribution is 2.55. The molecular weight excluding hydrogens is 344 g/mol. The number of aromatic nitrogens is 1. The van der Waals surface area contributed by atoms with E-state index in [1.165, 1.54) is 23.7 Å². The van der Waals surface area contributed by atoms with Gasteiger partial charge in [0.2, 0.25) is 0 Å². The normalized spacial score (nSPS) is 21.2. The number of rotatable bonds is 1. The summed E-state index contributed by atoms with van der Waals surface area (Å²) in [6.07, 6.45) is 5.80. The van der Waals surface area contributed by atoms with Gasteiger partial charge >= 0.3 is 6.09 Å². The van der Waals surface area contributed by atoms with Gasteiger partial charge in [0.25, 0.3) is 0 Å². The molecule has 1 spiro atoms. The molecule has 1 N–H and O–H groups in total. The number of hydrogen-bond donors (Lipinski definition) is 1. The van der Waals surface area contributed by atoms with Crippen LogP contribution in [0.3, 0.4) is 0 Å². The molecule has 116 valence electrons. The maximum atomic E-state index is 11.0. The lowest BCUT2D eigenvalue weighted by Crippen LogP contribution is -2.48. The van der Waals surface area contributed by atoms with Gasteiger partial charge in [0.05, 0.1) is 0 Å². The largest absolute Gasteiger partial charge is 0.465 e. The van der Waals surface area contributed by atoms with Gasteiger partial charge in [-0.25, -0.2) is 4.79 Å². The molecule has 1 saturated heterocycles. The van der Waals surface area contributed by atoms with Gasteiger partial charge in [0.15, 0.2) is 0 Å². The molecule has 1 aliphatic heterocycles. The van der Waals surface area contributed by atoms with Crippen molar-refractivity contribution >= 4 is 32.9 Å². The van der Waals surface area contributed by atoms with Gasteiger partial charge in [-0.15, -0.1) is 0 Å². The molecule has 22 heavy (non-hydrogen) atoms. The second kappa shape index (κ2) is 5.01. The van der Waals surface area contributed by atoms with Crippen molar-refractivity contribution in [2.45, 2.75) is 31.7 Å². The lowest BCUT2D eigenvalue weighted by molar-refractivity contribution is -0.00143. The fourth-order valence-corrected chi connectivity index (χ4v) is 4.67. The van der Waals surface area contributed by atoms with Gasteiger partial charge in [0, 0.05) is 40.7 Å². The third-order valence-corrected chi connectivity index (χ3v) is 6.23. The summed E-state index contributed by atoms with van der Waals surface area (Å²) in [7, 11) is 0. The smallest absolute Gasteiger partial charge is 0.407 e. The van der Waals surface area contributed by atoms with Crippen molar-refractivity contribution in [3.8, 4) is 0 Å². The number of fused-ring (bicyclic) bond motifs is 1. The highest BCUT2D eigenvalue weighted by Gasteiger charge is 2.47. The first-order valence-corrected chi connectivity index (χ1v) is 8.60. The van der Waals surface area contributed by atoms with Crippen molar-refractivity contribution in [3.05, 3.63) is 34.9 Å². The quantitative estimate of drug-likeness (QED) is 0.811. The maximum Gasteiger partial charge on any atom is 0.407 e. The zero-order chi connectivity index (χ0) is 15.3. The predicted molar refractivity (Wildman–Crippen MR) is 89.2 cm³/mol. The number of piperidine rings is 1. The number of hydrogen-bond acceptors (Lipinski definition) is 1. The molecule has 0 bridgehead atoms. The maximum absolute atomic E-state index is 11.0. The van der Waals surface area contributed by atoms with Crippen LogP contribution in [0.15, 0.2) is 34.9 Å². The Morgan fingerprint density at radius 1 is 1.23 bits per heavy atom. The Morgan fingerprint density at radius 2 is 1.95 bits per heavy atom. The first-order valence-electron chi connectivity index (χ1n) is 7.81. The molecule has 4 rings (SSSR count). The van der Waals surface area contributed by atoms with Crippen molar-refractivity contribution in [1.29, 1.82) is 0 Å². The molecule has 2 heterocycles. The summed E-state index contributed by atoms with van der Waals surface area (Å²) in [5, 5.41) is 10.3. The molecule has 0 radical (unpaired) electrons. The molecule has 1 aromatic carbocycles. The van der Waals surface area contributed by atoms with E-state index >= 15 is 0 Å². The van der Waals surface area contributed by atoms with Crippen LogP contribution in [0.5, 0.6) is 0 Å². The minimum Gasteiger partial charge on any atom is -0.465 e. The summed E-state index contributed by atoms with van der Waals surface area (Å²) in [5.41, 5.74) is 1.66. The van der Waals surface area contributed by atoms with Gasteiger partial charge in [-0.1, -0.05) is 22.0 Å². The standard InChI is InChI=1S/C17H19BrN2O2/c18-14-2-1-3-15-13(14)4-7-20(15)12-10-17(11-12)5-8-19(9-6-17)16(21)22/h1-4,7,12H,5-6,8-11H2,(H,21,22). The van der Waals surface area contributed by atoms with E-state index in [-0.39, 0.29) is 0 Å². The van der Waals surface area contributed by atoms with Crippen LogP contribution in [0.25, 0.3) is 10.9 Å². The third-order valence-electron chi connectivity index (χ3n) is 5.54. The predicted octanol–water partition coefficient (Wildman–Crippen LogP) is 4.50. The highest BCUT2D eigenvalue weighted by molar-refractivity contribution is 9.10. The van der Waals surface area contributed by atoms with E-state index in [4.69, 9.17) is 5.11 Å². The van der Waals surface area contributed by atoms with Crippen LogP contribution in [0.4, 0.5) is 4.79 Å². The van der Waals surface area contributed by atoms with E-state index in [1.54, 1.807) is 4.90 Å². The molecule has 1 amide bonds. The molecule has 5 heteroatoms. The van der Waals surface area contributed by atoms with Crippen LogP contribution in [0, 0.1) is 5.41 Å². The van der Waals surface area contributed by atoms with Crippen LogP contribution in [0.1, 0.15) is 31.7 Å². The minimum absolute atomic E-state index is 0.374. The van der Waals surface area contributed by atoms with E-state index in [0.29, 0.717) is 24.5 Å². The Kier molecular flexibility index (Phi) is 3.22. The molecule has 1 saturated carbocycles. The Hall–Kier alpha value is -1.49. The van der Waals surface area contributed by atoms with Crippen LogP contribution in [-0.2, 0) is 0 Å². The molecule has 4 nitrogen and oxygen atoms in total. The van der Waals surface area contributed by atoms with E-state index in [2.05, 4.69) is 51.0 Å². The van der Waals surface area contributed by atoms with Crippen molar-refractivity contribution in [3.63, 3.8) is 0 Å². The number of carbonyl (C=O) groups is 1.